The van der Waals surface area contributed by atoms with Gasteiger partial charge in [0.05, 0.1) is 12.1 Å². The van der Waals surface area contributed by atoms with Gasteiger partial charge in [0.1, 0.15) is 11.5 Å². The quantitative estimate of drug-likeness (QED) is 0.104. The lowest BCUT2D eigenvalue weighted by molar-refractivity contribution is -0.129. The van der Waals surface area contributed by atoms with Crippen molar-refractivity contribution in [3.63, 3.8) is 0 Å². The molecule has 2 atom stereocenters. The third kappa shape index (κ3) is 13.7. The smallest absolute Gasteiger partial charge is 0.371 e. The summed E-state index contributed by atoms with van der Waals surface area (Å²) in [6.45, 7) is 5.68. The number of likely N-dealkylation sites (tertiary alicyclic amines) is 2. The van der Waals surface area contributed by atoms with Crippen molar-refractivity contribution in [3.05, 3.63) is 95.9 Å². The molecule has 0 aromatic carbocycles. The van der Waals surface area contributed by atoms with Crippen molar-refractivity contribution < 1.29 is 38.2 Å². The number of rotatable bonds is 20. The van der Waals surface area contributed by atoms with Crippen LogP contribution in [0.1, 0.15) is 124 Å². The van der Waals surface area contributed by atoms with E-state index in [9.17, 15) is 19.2 Å². The van der Waals surface area contributed by atoms with Gasteiger partial charge in [-0.3, -0.25) is 9.59 Å². The third-order valence-electron chi connectivity index (χ3n) is 8.75. The summed E-state index contributed by atoms with van der Waals surface area (Å²) in [4.78, 5) is 49.6. The zero-order valence-corrected chi connectivity index (χ0v) is 29.6. The molecule has 2 aliphatic heterocycles. The van der Waals surface area contributed by atoms with Crippen LogP contribution in [0.2, 0.25) is 0 Å². The number of amides is 2. The van der Waals surface area contributed by atoms with E-state index < -0.39 is 11.9 Å². The Balaban J connectivity index is 0.000000270. The van der Waals surface area contributed by atoms with Crippen molar-refractivity contribution >= 4 is 23.8 Å². The molecule has 2 saturated heterocycles. The molecule has 2 aliphatic rings. The van der Waals surface area contributed by atoms with Crippen LogP contribution in [-0.4, -0.2) is 68.9 Å². The van der Waals surface area contributed by atoms with Crippen LogP contribution in [0.15, 0.2) is 81.7 Å². The van der Waals surface area contributed by atoms with Crippen LogP contribution in [0, 0.1) is 0 Å². The van der Waals surface area contributed by atoms with Gasteiger partial charge in [0, 0.05) is 38.8 Å². The first kappa shape index (κ1) is 39.8. The van der Waals surface area contributed by atoms with Gasteiger partial charge in [-0.2, -0.15) is 0 Å². The summed E-state index contributed by atoms with van der Waals surface area (Å²) in [6, 6.07) is 6.63. The summed E-state index contributed by atoms with van der Waals surface area (Å²) in [5.74, 6) is -0.516. The first-order valence-electron chi connectivity index (χ1n) is 18.1. The predicted octanol–water partition coefficient (Wildman–Crippen LogP) is 8.41. The highest BCUT2D eigenvalue weighted by molar-refractivity contribution is 5.84. The van der Waals surface area contributed by atoms with Gasteiger partial charge in [-0.15, -0.1) is 0 Å². The lowest BCUT2D eigenvalue weighted by Gasteiger charge is -2.22. The van der Waals surface area contributed by atoms with Crippen LogP contribution < -0.4 is 0 Å². The highest BCUT2D eigenvalue weighted by Gasteiger charge is 2.29. The van der Waals surface area contributed by atoms with E-state index in [1.54, 1.807) is 12.1 Å². The molecule has 50 heavy (non-hydrogen) atoms. The fourth-order valence-corrected chi connectivity index (χ4v) is 5.97. The molecule has 2 amide bonds. The minimum absolute atomic E-state index is 0.0390. The Hall–Kier alpha value is -4.60. The minimum Gasteiger partial charge on any atom is -0.475 e. The molecule has 2 aromatic rings. The monoisotopic (exact) mass is 690 g/mol. The van der Waals surface area contributed by atoms with Crippen LogP contribution in [0.25, 0.3) is 0 Å². The molecule has 10 nitrogen and oxygen atoms in total. The SMILES string of the molecule is CCCC/C=C/C=C/[C@H]1CCC(=O)N1CCCc1ccc(C(=O)O)o1.CCCC/C=C/C=C\[C@H]1CCC(=O)N1CCCc1ccc(C(=O)O)o1. The molecular weight excluding hydrogens is 636 g/mol. The number of furan rings is 2. The molecule has 10 heteroatoms. The highest BCUT2D eigenvalue weighted by Crippen LogP contribution is 2.22. The average Bonchev–Trinajstić information content (AvgIpc) is 3.91. The Morgan fingerprint density at radius 3 is 1.46 bits per heavy atom. The highest BCUT2D eigenvalue weighted by atomic mass is 16.4. The summed E-state index contributed by atoms with van der Waals surface area (Å²) in [7, 11) is 0. The molecule has 2 fully saturated rings. The minimum atomic E-state index is -1.06. The summed E-state index contributed by atoms with van der Waals surface area (Å²) in [6.07, 6.45) is 29.4. The zero-order chi connectivity index (χ0) is 36.1. The number of unbranched alkanes of at least 4 members (excludes halogenated alkanes) is 4. The number of carboxylic acid groups (broad SMARTS) is 2. The van der Waals surface area contributed by atoms with E-state index in [4.69, 9.17) is 19.0 Å². The second-order valence-electron chi connectivity index (χ2n) is 12.6. The summed E-state index contributed by atoms with van der Waals surface area (Å²) in [5.41, 5.74) is 0. The largest absolute Gasteiger partial charge is 0.475 e. The van der Waals surface area contributed by atoms with E-state index in [1.807, 2.05) is 22.0 Å². The predicted molar refractivity (Wildman–Crippen MR) is 193 cm³/mol. The van der Waals surface area contributed by atoms with Gasteiger partial charge in [-0.25, -0.2) is 9.59 Å². The maximum absolute atomic E-state index is 12.1. The number of nitrogens with zero attached hydrogens (tertiary/aromatic N) is 2. The van der Waals surface area contributed by atoms with Gasteiger partial charge in [0.25, 0.3) is 0 Å². The fraction of sp³-hybridized carbons (Fsp3) is 0.500. The molecule has 0 bridgehead atoms. The summed E-state index contributed by atoms with van der Waals surface area (Å²) >= 11 is 0. The number of aryl methyl sites for hydroxylation is 2. The van der Waals surface area contributed by atoms with Crippen LogP contribution >= 0.6 is 0 Å². The van der Waals surface area contributed by atoms with Crippen molar-refractivity contribution in [1.29, 1.82) is 0 Å². The van der Waals surface area contributed by atoms with Gasteiger partial charge in [-0.05, 0) is 62.8 Å². The molecule has 4 rings (SSSR count). The fourth-order valence-electron chi connectivity index (χ4n) is 5.97. The number of carboxylic acids is 2. The second kappa shape index (κ2) is 22.2. The first-order chi connectivity index (χ1) is 24.2. The van der Waals surface area contributed by atoms with Crippen molar-refractivity contribution in [1.82, 2.24) is 9.80 Å². The Morgan fingerprint density at radius 2 is 1.10 bits per heavy atom. The maximum atomic E-state index is 12.1. The van der Waals surface area contributed by atoms with Gasteiger partial charge in [0.15, 0.2) is 0 Å². The molecule has 4 heterocycles. The maximum Gasteiger partial charge on any atom is 0.371 e. The standard InChI is InChI=1S/2C20H27NO4/c2*1-2-3-4-5-6-7-9-16-11-14-19(22)21(16)15-8-10-17-12-13-18(25-17)20(23)24/h2*5-7,9,12-13,16H,2-4,8,10-11,14-15H2,1H3,(H,23,24)/b6-5+,9-7+;6-5+,9-7-/t2*16-/m00/s1. The molecule has 0 radical (unpaired) electrons. The normalized spacial score (nSPS) is 18.0. The topological polar surface area (TPSA) is 142 Å². The van der Waals surface area contributed by atoms with Crippen LogP contribution in [0.5, 0.6) is 0 Å². The van der Waals surface area contributed by atoms with E-state index in [-0.39, 0.29) is 35.4 Å². The van der Waals surface area contributed by atoms with Gasteiger partial charge in [-0.1, -0.05) is 88.1 Å². The summed E-state index contributed by atoms with van der Waals surface area (Å²) < 4.78 is 10.5. The Bertz CT molecular complexity index is 1370. The van der Waals surface area contributed by atoms with E-state index in [0.29, 0.717) is 50.3 Å². The van der Waals surface area contributed by atoms with Crippen LogP contribution in [0.3, 0.4) is 0 Å². The second-order valence-corrected chi connectivity index (χ2v) is 12.6. The lowest BCUT2D eigenvalue weighted by atomic mass is 10.2. The molecule has 0 unspecified atom stereocenters. The number of aromatic carboxylic acids is 2. The van der Waals surface area contributed by atoms with Crippen molar-refractivity contribution in [3.8, 4) is 0 Å². The third-order valence-corrected chi connectivity index (χ3v) is 8.75. The zero-order valence-electron chi connectivity index (χ0n) is 29.6. The number of carbonyl (C=O) groups is 4. The van der Waals surface area contributed by atoms with E-state index in [2.05, 4.69) is 50.3 Å². The van der Waals surface area contributed by atoms with E-state index in [0.717, 1.165) is 38.5 Å². The van der Waals surface area contributed by atoms with Gasteiger partial charge in [0.2, 0.25) is 23.3 Å². The van der Waals surface area contributed by atoms with Crippen molar-refractivity contribution in [2.45, 2.75) is 116 Å². The molecule has 0 aliphatic carbocycles. The van der Waals surface area contributed by atoms with E-state index >= 15 is 0 Å². The molecule has 0 saturated carbocycles. The average molecular weight is 691 g/mol. The number of allylic oxidation sites excluding steroid dienone is 6. The first-order valence-corrected chi connectivity index (χ1v) is 18.1. The molecule has 2 aromatic heterocycles. The van der Waals surface area contributed by atoms with Crippen LogP contribution in [-0.2, 0) is 22.4 Å². The van der Waals surface area contributed by atoms with Crippen LogP contribution in [0.4, 0.5) is 0 Å². The number of hydrogen-bond acceptors (Lipinski definition) is 6. The van der Waals surface area contributed by atoms with E-state index in [1.165, 1.54) is 37.8 Å². The Labute approximate surface area is 296 Å². The van der Waals surface area contributed by atoms with Crippen molar-refractivity contribution in [2.24, 2.45) is 0 Å². The number of hydrogen-bond donors (Lipinski definition) is 2. The summed E-state index contributed by atoms with van der Waals surface area (Å²) in [5, 5.41) is 17.7. The molecule has 272 valence electrons. The Morgan fingerprint density at radius 1 is 0.680 bits per heavy atom. The lowest BCUT2D eigenvalue weighted by Crippen LogP contribution is -2.32. The Kier molecular flexibility index (Phi) is 17.7. The molecular formula is C40H54N2O8. The van der Waals surface area contributed by atoms with Crippen molar-refractivity contribution in [2.75, 3.05) is 13.1 Å². The van der Waals surface area contributed by atoms with Gasteiger partial charge < -0.3 is 28.8 Å². The van der Waals surface area contributed by atoms with Gasteiger partial charge >= 0.3 is 11.9 Å². The number of carbonyl (C=O) groups excluding carboxylic acids is 2. The molecule has 0 spiro atoms. The molecule has 2 N–H and O–H groups in total.